The molecule has 1 heteroatoms. The molecule has 0 nitrogen and oxygen atoms in total. The van der Waals surface area contributed by atoms with Gasteiger partial charge < -0.3 is 0 Å². The van der Waals surface area contributed by atoms with E-state index in [9.17, 15) is 0 Å². The van der Waals surface area contributed by atoms with Crippen LogP contribution in [0.2, 0.25) is 0 Å². The second-order valence-corrected chi connectivity index (χ2v) is 19.6. The van der Waals surface area contributed by atoms with Crippen molar-refractivity contribution >= 4 is 47.9 Å². The van der Waals surface area contributed by atoms with Crippen LogP contribution < -0.4 is 0 Å². The molecule has 0 atom stereocenters. The van der Waals surface area contributed by atoms with Crippen LogP contribution in [0.25, 0.3) is 82.4 Å². The van der Waals surface area contributed by atoms with Gasteiger partial charge in [-0.1, -0.05) is 160 Å². The van der Waals surface area contributed by atoms with Gasteiger partial charge in [0, 0.05) is 15.2 Å². The first-order valence-corrected chi connectivity index (χ1v) is 21.8. The quantitative estimate of drug-likeness (QED) is 0.155. The van der Waals surface area contributed by atoms with Crippen molar-refractivity contribution in [2.45, 2.75) is 31.1 Å². The van der Waals surface area contributed by atoms with Crippen molar-refractivity contribution in [1.29, 1.82) is 0 Å². The topological polar surface area (TPSA) is 0 Å². The van der Waals surface area contributed by atoms with Gasteiger partial charge in [-0.3, -0.25) is 0 Å². The fraction of sp³-hybridized carbons (Fsp3) is 0.111. The Balaban J connectivity index is 1.29. The Morgan fingerprint density at radius 2 is 1.11 bits per heavy atom. The minimum absolute atomic E-state index is 0.0933. The minimum atomic E-state index is -1.16. The lowest BCUT2D eigenvalue weighted by molar-refractivity contribution is 0.660. The van der Waals surface area contributed by atoms with Crippen LogP contribution in [0.1, 0.15) is 37.5 Å². The standard InChI is InChI=1S/C54H44S/c1-7-16-50-38(8-2)46-32-36(27-30-51(46)55(50,5)6)52-43-21-11-12-22-44(43)53(37-26-28-42-41-20-13-14-24-48(41)54(3,4)49(42)33-37)47-31-35(25-29-45(47)52)40-23-15-18-34-17-9-10-19-39(34)40/h7-33H,2H2,1,3-6H3/b16-7-. The third-order valence-corrected chi connectivity index (χ3v) is 15.4. The first kappa shape index (κ1) is 33.7. The van der Waals surface area contributed by atoms with E-state index in [1.165, 1.54) is 109 Å². The molecule has 8 aromatic carbocycles. The fourth-order valence-electron chi connectivity index (χ4n) is 9.79. The van der Waals surface area contributed by atoms with Crippen LogP contribution in [0.3, 0.4) is 0 Å². The predicted octanol–water partition coefficient (Wildman–Crippen LogP) is 15.4. The minimum Gasteiger partial charge on any atom is -0.192 e. The number of rotatable bonds is 5. The van der Waals surface area contributed by atoms with E-state index in [-0.39, 0.29) is 5.41 Å². The molecule has 2 aliphatic rings. The van der Waals surface area contributed by atoms with Crippen molar-refractivity contribution in [1.82, 2.24) is 0 Å². The van der Waals surface area contributed by atoms with E-state index in [2.05, 4.69) is 204 Å². The van der Waals surface area contributed by atoms with Gasteiger partial charge in [0.1, 0.15) is 0 Å². The van der Waals surface area contributed by atoms with Crippen LogP contribution in [-0.4, -0.2) is 12.5 Å². The second kappa shape index (κ2) is 12.3. The summed E-state index contributed by atoms with van der Waals surface area (Å²) >= 11 is 0. The first-order chi connectivity index (χ1) is 26.7. The summed E-state index contributed by atoms with van der Waals surface area (Å²) in [5.41, 5.74) is 15.5. The molecule has 0 N–H and O–H groups in total. The zero-order chi connectivity index (χ0) is 37.6. The van der Waals surface area contributed by atoms with Gasteiger partial charge in [-0.2, -0.15) is 10.0 Å². The molecule has 0 amide bonds. The van der Waals surface area contributed by atoms with Crippen molar-refractivity contribution < 1.29 is 0 Å². The average Bonchev–Trinajstić information content (AvgIpc) is 3.57. The molecule has 1 aliphatic carbocycles. The Labute approximate surface area is 326 Å². The zero-order valence-electron chi connectivity index (χ0n) is 32.2. The maximum atomic E-state index is 4.32. The van der Waals surface area contributed by atoms with E-state index in [4.69, 9.17) is 0 Å². The fourth-order valence-corrected chi connectivity index (χ4v) is 12.4. The number of hydrogen-bond acceptors (Lipinski definition) is 0. The Kier molecular flexibility index (Phi) is 7.54. The SMILES string of the molecule is C=CC1=C(/C=C\C)S(C)(C)c2ccc(-c3c4ccccc4c(-c4ccc5c(c4)C(C)(C)c4ccccc4-5)c4cc(-c5cccc6ccccc56)ccc34)cc21. The van der Waals surface area contributed by atoms with Gasteiger partial charge in [0.05, 0.1) is 0 Å². The van der Waals surface area contributed by atoms with Crippen molar-refractivity contribution in [3.63, 3.8) is 0 Å². The van der Waals surface area contributed by atoms with Crippen LogP contribution in [0.4, 0.5) is 0 Å². The number of fused-ring (bicyclic) bond motifs is 7. The lowest BCUT2D eigenvalue weighted by Crippen LogP contribution is -2.14. The van der Waals surface area contributed by atoms with Crippen LogP contribution in [0, 0.1) is 0 Å². The van der Waals surface area contributed by atoms with E-state index in [0.717, 1.165) is 0 Å². The maximum Gasteiger partial charge on any atom is 0.0159 e. The van der Waals surface area contributed by atoms with E-state index in [1.807, 2.05) is 0 Å². The summed E-state index contributed by atoms with van der Waals surface area (Å²) in [6.45, 7) is 11.2. The summed E-state index contributed by atoms with van der Waals surface area (Å²) in [6.07, 6.45) is 11.4. The molecule has 0 saturated heterocycles. The van der Waals surface area contributed by atoms with Gasteiger partial charge in [0.25, 0.3) is 0 Å². The highest BCUT2D eigenvalue weighted by atomic mass is 32.3. The highest BCUT2D eigenvalue weighted by Crippen LogP contribution is 2.66. The van der Waals surface area contributed by atoms with Gasteiger partial charge in [-0.25, -0.2) is 0 Å². The van der Waals surface area contributed by atoms with Gasteiger partial charge >= 0.3 is 0 Å². The predicted molar refractivity (Wildman–Crippen MR) is 242 cm³/mol. The summed E-state index contributed by atoms with van der Waals surface area (Å²) in [5, 5.41) is 7.61. The van der Waals surface area contributed by atoms with Crippen LogP contribution in [0.15, 0.2) is 180 Å². The molecule has 0 unspecified atom stereocenters. The third kappa shape index (κ3) is 4.86. The van der Waals surface area contributed by atoms with E-state index < -0.39 is 10.0 Å². The Bertz CT molecular complexity index is 3000. The lowest BCUT2D eigenvalue weighted by Gasteiger charge is -2.29. The molecule has 0 fully saturated rings. The van der Waals surface area contributed by atoms with E-state index in [1.54, 1.807) is 0 Å². The van der Waals surface area contributed by atoms with Gasteiger partial charge in [0.2, 0.25) is 0 Å². The molecule has 1 aliphatic heterocycles. The second-order valence-electron chi connectivity index (χ2n) is 16.0. The molecule has 8 aromatic rings. The molecule has 1 heterocycles. The summed E-state index contributed by atoms with van der Waals surface area (Å²) in [7, 11) is -1.16. The molecule has 10 rings (SSSR count). The maximum absolute atomic E-state index is 4.32. The van der Waals surface area contributed by atoms with Gasteiger partial charge in [-0.15, -0.1) is 0 Å². The van der Waals surface area contributed by atoms with Crippen LogP contribution in [-0.2, 0) is 5.41 Å². The lowest BCUT2D eigenvalue weighted by atomic mass is 9.80. The molecule has 0 spiro atoms. The molecule has 55 heavy (non-hydrogen) atoms. The number of benzene rings is 8. The average molecular weight is 725 g/mol. The van der Waals surface area contributed by atoms with Crippen LogP contribution in [0.5, 0.6) is 0 Å². The molecule has 0 radical (unpaired) electrons. The van der Waals surface area contributed by atoms with Crippen molar-refractivity contribution in [2.24, 2.45) is 0 Å². The summed E-state index contributed by atoms with van der Waals surface area (Å²) < 4.78 is 0. The van der Waals surface area contributed by atoms with Gasteiger partial charge in [-0.05, 0) is 143 Å². The molecule has 0 saturated carbocycles. The molecular formula is C54H44S. The van der Waals surface area contributed by atoms with E-state index in [0.29, 0.717) is 0 Å². The van der Waals surface area contributed by atoms with Gasteiger partial charge in [0.15, 0.2) is 0 Å². The zero-order valence-corrected chi connectivity index (χ0v) is 33.0. The number of allylic oxidation sites excluding steroid dienone is 4. The van der Waals surface area contributed by atoms with Crippen LogP contribution >= 0.6 is 10.0 Å². The Morgan fingerprint density at radius 3 is 1.89 bits per heavy atom. The smallest absolute Gasteiger partial charge is 0.0159 e. The summed E-state index contributed by atoms with van der Waals surface area (Å²) in [4.78, 5) is 2.84. The number of hydrogen-bond donors (Lipinski definition) is 0. The monoisotopic (exact) mass is 724 g/mol. The molecular weight excluding hydrogens is 681 g/mol. The summed E-state index contributed by atoms with van der Waals surface area (Å²) in [6, 6.07) is 55.1. The normalized spacial score (nSPS) is 15.8. The molecule has 266 valence electrons. The van der Waals surface area contributed by atoms with E-state index >= 15 is 0 Å². The van der Waals surface area contributed by atoms with Crippen molar-refractivity contribution in [2.75, 3.05) is 12.5 Å². The van der Waals surface area contributed by atoms with Crippen molar-refractivity contribution in [3.8, 4) is 44.5 Å². The first-order valence-electron chi connectivity index (χ1n) is 19.3. The molecule has 0 aromatic heterocycles. The largest absolute Gasteiger partial charge is 0.192 e. The Morgan fingerprint density at radius 1 is 0.509 bits per heavy atom. The Hall–Kier alpha value is -5.89. The summed E-state index contributed by atoms with van der Waals surface area (Å²) in [5.74, 6) is 0. The third-order valence-electron chi connectivity index (χ3n) is 12.4. The highest BCUT2D eigenvalue weighted by molar-refractivity contribution is 8.36. The van der Waals surface area contributed by atoms with Crippen molar-refractivity contribution in [3.05, 3.63) is 192 Å². The molecule has 0 bridgehead atoms. The highest BCUT2D eigenvalue weighted by Gasteiger charge is 2.36.